The van der Waals surface area contributed by atoms with Crippen LogP contribution < -0.4 is 16.0 Å². The maximum absolute atomic E-state index is 12.9. The standard InChI is InChI=1S/C23H26N4O5/c1-14(2)19(27-23(31)32-13-15-6-4-3-5-7-15)21(29)26-18-9-16-8-17(11-24-10-16)12-25-22(30)20(18)28/h3-8,10-11,14,18-19H,9,12-13H2,1-2H3,(H,25,30)(H,26,29)(H,27,31). The maximum atomic E-state index is 12.9. The summed E-state index contributed by atoms with van der Waals surface area (Å²) in [6.45, 7) is 3.75. The molecule has 32 heavy (non-hydrogen) atoms. The van der Waals surface area contributed by atoms with Crippen molar-refractivity contribution in [2.75, 3.05) is 0 Å². The molecule has 168 valence electrons. The van der Waals surface area contributed by atoms with Crippen molar-refractivity contribution in [3.05, 3.63) is 65.5 Å². The molecule has 2 heterocycles. The van der Waals surface area contributed by atoms with Gasteiger partial charge in [0.05, 0.1) is 0 Å². The molecule has 1 aliphatic rings. The van der Waals surface area contributed by atoms with Crippen molar-refractivity contribution in [3.8, 4) is 0 Å². The van der Waals surface area contributed by atoms with Crippen molar-refractivity contribution in [2.45, 2.75) is 45.5 Å². The molecule has 0 fully saturated rings. The van der Waals surface area contributed by atoms with Crippen LogP contribution in [0.4, 0.5) is 4.79 Å². The Balaban J connectivity index is 1.66. The van der Waals surface area contributed by atoms with Gasteiger partial charge in [-0.2, -0.15) is 0 Å². The fourth-order valence-corrected chi connectivity index (χ4v) is 3.31. The largest absolute Gasteiger partial charge is 0.445 e. The lowest BCUT2D eigenvalue weighted by Gasteiger charge is -2.24. The minimum Gasteiger partial charge on any atom is -0.445 e. The van der Waals surface area contributed by atoms with Gasteiger partial charge in [-0.15, -0.1) is 0 Å². The Labute approximate surface area is 185 Å². The number of carbonyl (C=O) groups excluding carboxylic acids is 4. The number of benzene rings is 1. The zero-order valence-corrected chi connectivity index (χ0v) is 18.0. The Morgan fingerprint density at radius 3 is 2.59 bits per heavy atom. The van der Waals surface area contributed by atoms with Crippen molar-refractivity contribution < 1.29 is 23.9 Å². The number of aromatic nitrogens is 1. The number of hydrogen-bond acceptors (Lipinski definition) is 6. The molecule has 0 aliphatic carbocycles. The molecule has 0 radical (unpaired) electrons. The summed E-state index contributed by atoms with van der Waals surface area (Å²) in [6.07, 6.45) is 2.55. The van der Waals surface area contributed by atoms with E-state index >= 15 is 0 Å². The lowest BCUT2D eigenvalue weighted by molar-refractivity contribution is -0.140. The molecule has 0 saturated carbocycles. The molecule has 9 nitrogen and oxygen atoms in total. The zero-order valence-electron chi connectivity index (χ0n) is 18.0. The smallest absolute Gasteiger partial charge is 0.408 e. The molecule has 1 aliphatic heterocycles. The van der Waals surface area contributed by atoms with Gasteiger partial charge < -0.3 is 20.7 Å². The molecule has 2 atom stereocenters. The first-order valence-corrected chi connectivity index (χ1v) is 10.4. The highest BCUT2D eigenvalue weighted by molar-refractivity contribution is 6.38. The molecule has 3 rings (SSSR count). The molecular formula is C23H26N4O5. The van der Waals surface area contributed by atoms with Crippen LogP contribution in [-0.2, 0) is 38.7 Å². The molecule has 9 heteroatoms. The normalized spacial score (nSPS) is 16.8. The van der Waals surface area contributed by atoms with E-state index in [1.165, 1.54) is 0 Å². The van der Waals surface area contributed by atoms with Crippen molar-refractivity contribution in [3.63, 3.8) is 0 Å². The van der Waals surface area contributed by atoms with E-state index in [0.29, 0.717) is 5.56 Å². The third-order valence-electron chi connectivity index (χ3n) is 5.04. The number of hydrogen-bond donors (Lipinski definition) is 3. The van der Waals surface area contributed by atoms with Gasteiger partial charge in [0.2, 0.25) is 11.7 Å². The third kappa shape index (κ3) is 6.13. The van der Waals surface area contributed by atoms with Gasteiger partial charge in [0, 0.05) is 25.4 Å². The molecule has 0 saturated heterocycles. The molecule has 2 bridgehead atoms. The van der Waals surface area contributed by atoms with E-state index in [1.807, 2.05) is 36.4 Å². The third-order valence-corrected chi connectivity index (χ3v) is 5.04. The summed E-state index contributed by atoms with van der Waals surface area (Å²) in [4.78, 5) is 54.1. The highest BCUT2D eigenvalue weighted by Crippen LogP contribution is 2.11. The quantitative estimate of drug-likeness (QED) is 0.583. The maximum Gasteiger partial charge on any atom is 0.408 e. The number of ketones is 1. The van der Waals surface area contributed by atoms with Crippen molar-refractivity contribution in [1.29, 1.82) is 0 Å². The molecule has 1 aromatic heterocycles. The molecule has 2 aromatic rings. The number of rotatable bonds is 6. The average Bonchev–Trinajstić information content (AvgIpc) is 2.82. The lowest BCUT2D eigenvalue weighted by Crippen LogP contribution is -2.55. The van der Waals surface area contributed by atoms with Crippen LogP contribution in [0.5, 0.6) is 0 Å². The average molecular weight is 438 g/mol. The van der Waals surface area contributed by atoms with E-state index in [-0.39, 0.29) is 25.5 Å². The number of carbonyl (C=O) groups is 4. The molecule has 3 amide bonds. The second kappa shape index (κ2) is 10.5. The van der Waals surface area contributed by atoms with Crippen molar-refractivity contribution in [1.82, 2.24) is 20.9 Å². The second-order valence-corrected chi connectivity index (χ2v) is 7.94. The van der Waals surface area contributed by atoms with Crippen LogP contribution in [-0.4, -0.2) is 40.8 Å². The van der Waals surface area contributed by atoms with Gasteiger partial charge in [0.15, 0.2) is 0 Å². The minimum atomic E-state index is -1.08. The van der Waals surface area contributed by atoms with E-state index in [4.69, 9.17) is 4.74 Å². The van der Waals surface area contributed by atoms with Crippen LogP contribution in [0.15, 0.2) is 48.8 Å². The van der Waals surface area contributed by atoms with Crippen LogP contribution in [0.1, 0.15) is 30.5 Å². The van der Waals surface area contributed by atoms with E-state index in [0.717, 1.165) is 11.1 Å². The summed E-state index contributed by atoms with van der Waals surface area (Å²) in [6, 6.07) is 8.94. The first-order chi connectivity index (χ1) is 15.3. The fourth-order valence-electron chi connectivity index (χ4n) is 3.31. The monoisotopic (exact) mass is 438 g/mol. The van der Waals surface area contributed by atoms with Crippen LogP contribution in [0, 0.1) is 5.92 Å². The number of amides is 3. The highest BCUT2D eigenvalue weighted by Gasteiger charge is 2.32. The van der Waals surface area contributed by atoms with Gasteiger partial charge in [0.1, 0.15) is 18.7 Å². The van der Waals surface area contributed by atoms with Gasteiger partial charge in [-0.1, -0.05) is 50.2 Å². The number of nitrogens with one attached hydrogen (secondary N) is 3. The van der Waals surface area contributed by atoms with Crippen LogP contribution in [0.2, 0.25) is 0 Å². The molecule has 0 spiro atoms. The summed E-state index contributed by atoms with van der Waals surface area (Å²) in [5, 5.41) is 7.70. The van der Waals surface area contributed by atoms with Gasteiger partial charge in [-0.05, 0) is 22.6 Å². The van der Waals surface area contributed by atoms with Gasteiger partial charge in [-0.25, -0.2) is 4.79 Å². The van der Waals surface area contributed by atoms with Crippen LogP contribution in [0.3, 0.4) is 0 Å². The molecule has 3 N–H and O–H groups in total. The predicted molar refractivity (Wildman–Crippen MR) is 115 cm³/mol. The predicted octanol–water partition coefficient (Wildman–Crippen LogP) is 1.26. The Morgan fingerprint density at radius 2 is 1.88 bits per heavy atom. The Morgan fingerprint density at radius 1 is 1.16 bits per heavy atom. The van der Waals surface area contributed by atoms with Crippen molar-refractivity contribution >= 4 is 23.7 Å². The summed E-state index contributed by atoms with van der Waals surface area (Å²) in [5.74, 6) is -2.40. The van der Waals surface area contributed by atoms with Gasteiger partial charge >= 0.3 is 6.09 Å². The first kappa shape index (κ1) is 22.9. The van der Waals surface area contributed by atoms with Gasteiger partial charge in [-0.3, -0.25) is 19.4 Å². The topological polar surface area (TPSA) is 126 Å². The molecular weight excluding hydrogens is 412 g/mol. The minimum absolute atomic E-state index is 0.0593. The zero-order chi connectivity index (χ0) is 23.1. The summed E-state index contributed by atoms with van der Waals surface area (Å²) in [5.41, 5.74) is 2.29. The Kier molecular flexibility index (Phi) is 7.54. The van der Waals surface area contributed by atoms with E-state index < -0.39 is 35.8 Å². The van der Waals surface area contributed by atoms with E-state index in [9.17, 15) is 19.2 Å². The van der Waals surface area contributed by atoms with E-state index in [2.05, 4.69) is 20.9 Å². The number of pyridine rings is 1. The Hall–Kier alpha value is -3.75. The molecule has 1 aromatic carbocycles. The second-order valence-electron chi connectivity index (χ2n) is 7.94. The Bertz CT molecular complexity index is 993. The number of ether oxygens (including phenoxy) is 1. The summed E-state index contributed by atoms with van der Waals surface area (Å²) in [7, 11) is 0. The number of fused-ring (bicyclic) bond motifs is 2. The number of alkyl carbamates (subject to hydrolysis) is 1. The van der Waals surface area contributed by atoms with Gasteiger partial charge in [0.25, 0.3) is 5.91 Å². The fraction of sp³-hybridized carbons (Fsp3) is 0.348. The van der Waals surface area contributed by atoms with Crippen LogP contribution >= 0.6 is 0 Å². The van der Waals surface area contributed by atoms with Crippen molar-refractivity contribution in [2.24, 2.45) is 5.92 Å². The number of Topliss-reactive ketones (excluding diaryl/α,β-unsaturated/α-hetero) is 1. The summed E-state index contributed by atoms with van der Waals surface area (Å²) < 4.78 is 5.20. The van der Waals surface area contributed by atoms with E-state index in [1.54, 1.807) is 26.2 Å². The summed E-state index contributed by atoms with van der Waals surface area (Å²) >= 11 is 0. The highest BCUT2D eigenvalue weighted by atomic mass is 16.5. The molecule has 2 unspecified atom stereocenters. The lowest BCUT2D eigenvalue weighted by atomic mass is 10.00. The van der Waals surface area contributed by atoms with Crippen LogP contribution in [0.25, 0.3) is 0 Å². The first-order valence-electron chi connectivity index (χ1n) is 10.4. The SMILES string of the molecule is CC(C)C(NC(=O)OCc1ccccc1)C(=O)NC1Cc2cncc(c2)CNC(=O)C1=O. The number of nitrogens with zero attached hydrogens (tertiary/aromatic N) is 1.